The highest BCUT2D eigenvalue weighted by atomic mass is 79.9. The van der Waals surface area contributed by atoms with Gasteiger partial charge in [0.15, 0.2) is 11.5 Å². The van der Waals surface area contributed by atoms with E-state index in [4.69, 9.17) is 4.74 Å². The van der Waals surface area contributed by atoms with Crippen LogP contribution in [0.25, 0.3) is 0 Å². The standard InChI is InChI=1S/C10H11BrF3N3O/c11-5-7-6-18-4-3-17(7)9-2-1-8(15-16-9)10(12,13)14/h1-2,7H,3-6H2. The van der Waals surface area contributed by atoms with Crippen molar-refractivity contribution >= 4 is 21.7 Å². The third-order valence-electron chi connectivity index (χ3n) is 2.64. The number of alkyl halides is 4. The van der Waals surface area contributed by atoms with Crippen LogP contribution < -0.4 is 4.90 Å². The van der Waals surface area contributed by atoms with Gasteiger partial charge in [-0.25, -0.2) is 0 Å². The predicted octanol–water partition coefficient (Wildman–Crippen LogP) is 2.10. The van der Waals surface area contributed by atoms with Crippen LogP contribution in [0.4, 0.5) is 19.0 Å². The SMILES string of the molecule is FC(F)(F)c1ccc(N2CCOCC2CBr)nn1. The van der Waals surface area contributed by atoms with Crippen molar-refractivity contribution in [2.45, 2.75) is 12.2 Å². The van der Waals surface area contributed by atoms with E-state index in [-0.39, 0.29) is 6.04 Å². The maximum absolute atomic E-state index is 12.4. The Labute approximate surface area is 110 Å². The smallest absolute Gasteiger partial charge is 0.377 e. The second kappa shape index (κ2) is 5.40. The minimum Gasteiger partial charge on any atom is -0.377 e. The van der Waals surface area contributed by atoms with Crippen LogP contribution in [0.5, 0.6) is 0 Å². The van der Waals surface area contributed by atoms with Crippen molar-refractivity contribution in [3.63, 3.8) is 0 Å². The van der Waals surface area contributed by atoms with Crippen LogP contribution in [0.1, 0.15) is 5.69 Å². The quantitative estimate of drug-likeness (QED) is 0.780. The van der Waals surface area contributed by atoms with E-state index < -0.39 is 11.9 Å². The maximum atomic E-state index is 12.4. The molecule has 0 aliphatic carbocycles. The molecule has 2 rings (SSSR count). The summed E-state index contributed by atoms with van der Waals surface area (Å²) in [6.07, 6.45) is -4.45. The molecule has 0 bridgehead atoms. The summed E-state index contributed by atoms with van der Waals surface area (Å²) < 4.78 is 42.4. The van der Waals surface area contributed by atoms with E-state index in [0.29, 0.717) is 30.9 Å². The van der Waals surface area contributed by atoms with Crippen LogP contribution in [0.3, 0.4) is 0 Å². The molecule has 4 nitrogen and oxygen atoms in total. The Bertz CT molecular complexity index is 398. The first-order chi connectivity index (χ1) is 8.52. The van der Waals surface area contributed by atoms with Gasteiger partial charge in [-0.05, 0) is 12.1 Å². The first-order valence-electron chi connectivity index (χ1n) is 5.33. The molecule has 1 atom stereocenters. The summed E-state index contributed by atoms with van der Waals surface area (Å²) in [5.41, 5.74) is -0.977. The zero-order valence-electron chi connectivity index (χ0n) is 9.32. The molecular formula is C10H11BrF3N3O. The van der Waals surface area contributed by atoms with Gasteiger partial charge in [-0.15, -0.1) is 10.2 Å². The predicted molar refractivity (Wildman–Crippen MR) is 62.8 cm³/mol. The molecule has 100 valence electrons. The van der Waals surface area contributed by atoms with E-state index in [0.717, 1.165) is 6.07 Å². The Balaban J connectivity index is 2.18. The molecule has 1 fully saturated rings. The van der Waals surface area contributed by atoms with Crippen LogP contribution in [0, 0.1) is 0 Å². The number of morpholine rings is 1. The zero-order chi connectivity index (χ0) is 13.2. The lowest BCUT2D eigenvalue weighted by Crippen LogP contribution is -2.47. The largest absolute Gasteiger partial charge is 0.435 e. The topological polar surface area (TPSA) is 38.2 Å². The van der Waals surface area contributed by atoms with Gasteiger partial charge in [0.05, 0.1) is 19.3 Å². The van der Waals surface area contributed by atoms with Crippen LogP contribution in [0.15, 0.2) is 12.1 Å². The molecule has 1 aliphatic heterocycles. The Morgan fingerprint density at radius 2 is 2.17 bits per heavy atom. The van der Waals surface area contributed by atoms with Gasteiger partial charge in [0.2, 0.25) is 0 Å². The molecule has 1 aromatic heterocycles. The van der Waals surface area contributed by atoms with Gasteiger partial charge in [-0.3, -0.25) is 0 Å². The molecule has 0 saturated carbocycles. The number of ether oxygens (including phenoxy) is 1. The molecule has 1 saturated heterocycles. The number of hydrogen-bond acceptors (Lipinski definition) is 4. The van der Waals surface area contributed by atoms with E-state index in [1.165, 1.54) is 6.07 Å². The fourth-order valence-corrected chi connectivity index (χ4v) is 2.25. The molecular weight excluding hydrogens is 315 g/mol. The van der Waals surface area contributed by atoms with E-state index in [1.54, 1.807) is 0 Å². The van der Waals surface area contributed by atoms with E-state index in [1.807, 2.05) is 4.90 Å². The molecule has 1 aromatic rings. The molecule has 1 aliphatic rings. The van der Waals surface area contributed by atoms with Crippen molar-refractivity contribution in [2.24, 2.45) is 0 Å². The van der Waals surface area contributed by atoms with Gasteiger partial charge in [0.1, 0.15) is 0 Å². The summed E-state index contributed by atoms with van der Waals surface area (Å²) in [4.78, 5) is 1.89. The van der Waals surface area contributed by atoms with Crippen molar-refractivity contribution in [3.8, 4) is 0 Å². The van der Waals surface area contributed by atoms with Crippen LogP contribution in [-0.2, 0) is 10.9 Å². The van der Waals surface area contributed by atoms with E-state index in [2.05, 4.69) is 26.1 Å². The number of halogens is 4. The second-order valence-electron chi connectivity index (χ2n) is 3.85. The minimum absolute atomic E-state index is 0.0600. The van der Waals surface area contributed by atoms with Crippen molar-refractivity contribution in [1.29, 1.82) is 0 Å². The fourth-order valence-electron chi connectivity index (χ4n) is 1.71. The molecule has 1 unspecified atom stereocenters. The van der Waals surface area contributed by atoms with Gasteiger partial charge < -0.3 is 9.64 Å². The van der Waals surface area contributed by atoms with Gasteiger partial charge in [-0.2, -0.15) is 13.2 Å². The minimum atomic E-state index is -4.45. The summed E-state index contributed by atoms with van der Waals surface area (Å²) in [7, 11) is 0. The van der Waals surface area contributed by atoms with Gasteiger partial charge in [0, 0.05) is 11.9 Å². The summed E-state index contributed by atoms with van der Waals surface area (Å²) in [6.45, 7) is 1.65. The first kappa shape index (κ1) is 13.5. The average Bonchev–Trinajstić information content (AvgIpc) is 2.38. The fraction of sp³-hybridized carbons (Fsp3) is 0.600. The average molecular weight is 326 g/mol. The lowest BCUT2D eigenvalue weighted by atomic mass is 10.2. The Hall–Kier alpha value is -0.890. The third kappa shape index (κ3) is 2.92. The molecule has 0 radical (unpaired) electrons. The molecule has 18 heavy (non-hydrogen) atoms. The normalized spacial score (nSPS) is 21.1. The van der Waals surface area contributed by atoms with E-state index in [9.17, 15) is 13.2 Å². The van der Waals surface area contributed by atoms with Gasteiger partial charge >= 0.3 is 6.18 Å². The number of aromatic nitrogens is 2. The third-order valence-corrected chi connectivity index (χ3v) is 3.39. The highest BCUT2D eigenvalue weighted by molar-refractivity contribution is 9.09. The number of nitrogens with zero attached hydrogens (tertiary/aromatic N) is 3. The van der Waals surface area contributed by atoms with E-state index >= 15 is 0 Å². The Kier molecular flexibility index (Phi) is 4.06. The van der Waals surface area contributed by atoms with Crippen molar-refractivity contribution in [1.82, 2.24) is 10.2 Å². The highest BCUT2D eigenvalue weighted by Crippen LogP contribution is 2.28. The molecule has 0 amide bonds. The molecule has 0 aromatic carbocycles. The first-order valence-corrected chi connectivity index (χ1v) is 6.46. The lowest BCUT2D eigenvalue weighted by Gasteiger charge is -2.35. The van der Waals surface area contributed by atoms with Crippen LogP contribution in [0.2, 0.25) is 0 Å². The number of hydrogen-bond donors (Lipinski definition) is 0. The van der Waals surface area contributed by atoms with Crippen LogP contribution >= 0.6 is 15.9 Å². The molecule has 8 heteroatoms. The Morgan fingerprint density at radius 1 is 1.39 bits per heavy atom. The number of anilines is 1. The molecule has 2 heterocycles. The van der Waals surface area contributed by atoms with Crippen molar-refractivity contribution < 1.29 is 17.9 Å². The van der Waals surface area contributed by atoms with Gasteiger partial charge in [0.25, 0.3) is 0 Å². The summed E-state index contributed by atoms with van der Waals surface area (Å²) in [5.74, 6) is 0.441. The summed E-state index contributed by atoms with van der Waals surface area (Å²) >= 11 is 3.35. The number of rotatable bonds is 2. The summed E-state index contributed by atoms with van der Waals surface area (Å²) in [5, 5.41) is 7.53. The highest BCUT2D eigenvalue weighted by Gasteiger charge is 2.33. The molecule has 0 spiro atoms. The van der Waals surface area contributed by atoms with Crippen LogP contribution in [-0.4, -0.2) is 41.3 Å². The van der Waals surface area contributed by atoms with Gasteiger partial charge in [-0.1, -0.05) is 15.9 Å². The summed E-state index contributed by atoms with van der Waals surface area (Å²) in [6, 6.07) is 2.35. The maximum Gasteiger partial charge on any atom is 0.435 e. The van der Waals surface area contributed by atoms with Crippen molar-refractivity contribution in [2.75, 3.05) is 30.0 Å². The Morgan fingerprint density at radius 3 is 2.72 bits per heavy atom. The second-order valence-corrected chi connectivity index (χ2v) is 4.50. The lowest BCUT2D eigenvalue weighted by molar-refractivity contribution is -0.141. The van der Waals surface area contributed by atoms with Crippen molar-refractivity contribution in [3.05, 3.63) is 17.8 Å². The monoisotopic (exact) mass is 325 g/mol. The zero-order valence-corrected chi connectivity index (χ0v) is 10.9. The molecule has 0 N–H and O–H groups in total.